The predicted molar refractivity (Wildman–Crippen MR) is 130 cm³/mol. The molecule has 34 heavy (non-hydrogen) atoms. The number of nitro groups is 1. The maximum Gasteiger partial charge on any atom is 0.269 e. The van der Waals surface area contributed by atoms with Crippen LogP contribution in [0, 0.1) is 15.9 Å². The summed E-state index contributed by atoms with van der Waals surface area (Å²) in [6, 6.07) is 14.6. The molecule has 8 nitrogen and oxygen atoms in total. The van der Waals surface area contributed by atoms with Gasteiger partial charge in [0.2, 0.25) is 10.0 Å². The van der Waals surface area contributed by atoms with Gasteiger partial charge in [0.25, 0.3) is 5.69 Å². The van der Waals surface area contributed by atoms with Gasteiger partial charge in [-0.15, -0.1) is 11.3 Å². The van der Waals surface area contributed by atoms with Crippen molar-refractivity contribution in [2.45, 2.75) is 23.9 Å². The molecule has 0 radical (unpaired) electrons. The lowest BCUT2D eigenvalue weighted by Gasteiger charge is -2.42. The van der Waals surface area contributed by atoms with Crippen molar-refractivity contribution < 1.29 is 17.7 Å². The summed E-state index contributed by atoms with van der Waals surface area (Å²) in [4.78, 5) is 15.8. The fraction of sp³-hybridized carbons (Fsp3) is 0.304. The normalized spacial score (nSPS) is 16.8. The Morgan fingerprint density at radius 2 is 1.68 bits per heavy atom. The first-order chi connectivity index (χ1) is 16.2. The smallest absolute Gasteiger partial charge is 0.269 e. The van der Waals surface area contributed by atoms with E-state index in [4.69, 9.17) is 0 Å². The van der Waals surface area contributed by atoms with Gasteiger partial charge in [-0.05, 0) is 54.8 Å². The second-order valence-electron chi connectivity index (χ2n) is 8.12. The number of nitrogens with one attached hydrogen (secondary N) is 1. The van der Waals surface area contributed by atoms with Gasteiger partial charge in [-0.3, -0.25) is 15.0 Å². The minimum absolute atomic E-state index is 0.0176. The van der Waals surface area contributed by atoms with Gasteiger partial charge in [0.15, 0.2) is 0 Å². The van der Waals surface area contributed by atoms with Gasteiger partial charge in [0, 0.05) is 54.9 Å². The number of halogens is 1. The number of benzene rings is 2. The van der Waals surface area contributed by atoms with E-state index in [2.05, 4.69) is 14.5 Å². The second kappa shape index (κ2) is 10.2. The van der Waals surface area contributed by atoms with E-state index in [1.807, 2.05) is 24.4 Å². The maximum atomic E-state index is 13.3. The van der Waals surface area contributed by atoms with E-state index in [-0.39, 0.29) is 22.4 Å². The number of non-ortho nitro benzene ring substituents is 1. The second-order valence-corrected chi connectivity index (χ2v) is 10.8. The summed E-state index contributed by atoms with van der Waals surface area (Å²) in [5.41, 5.74) is 0.795. The molecule has 0 amide bonds. The van der Waals surface area contributed by atoms with Gasteiger partial charge in [0.1, 0.15) is 5.82 Å². The molecule has 0 spiro atoms. The molecular formula is C23H25FN4O4S2. The van der Waals surface area contributed by atoms with E-state index in [1.165, 1.54) is 36.4 Å². The van der Waals surface area contributed by atoms with Crippen molar-refractivity contribution in [2.24, 2.45) is 0 Å². The highest BCUT2D eigenvalue weighted by molar-refractivity contribution is 7.89. The average molecular weight is 505 g/mol. The van der Waals surface area contributed by atoms with Crippen LogP contribution in [0.1, 0.15) is 17.8 Å². The Hall–Kier alpha value is -2.86. The first-order valence-electron chi connectivity index (χ1n) is 10.8. The van der Waals surface area contributed by atoms with Crippen LogP contribution in [0.2, 0.25) is 0 Å². The lowest BCUT2D eigenvalue weighted by molar-refractivity contribution is -0.384. The van der Waals surface area contributed by atoms with Gasteiger partial charge in [-0.2, -0.15) is 0 Å². The van der Waals surface area contributed by atoms with Crippen LogP contribution in [-0.2, 0) is 10.0 Å². The Labute approximate surface area is 201 Å². The molecule has 0 bridgehead atoms. The molecule has 4 rings (SSSR count). The van der Waals surface area contributed by atoms with E-state index in [9.17, 15) is 22.9 Å². The quantitative estimate of drug-likeness (QED) is 0.368. The molecule has 0 saturated carbocycles. The molecule has 1 aliphatic rings. The third-order valence-corrected chi connectivity index (χ3v) is 8.42. The Kier molecular flexibility index (Phi) is 7.27. The van der Waals surface area contributed by atoms with Crippen LogP contribution in [0.4, 0.5) is 15.8 Å². The van der Waals surface area contributed by atoms with Gasteiger partial charge in [-0.25, -0.2) is 17.5 Å². The molecule has 180 valence electrons. The van der Waals surface area contributed by atoms with Gasteiger partial charge < -0.3 is 4.90 Å². The van der Waals surface area contributed by atoms with Crippen LogP contribution in [0.5, 0.6) is 0 Å². The zero-order valence-corrected chi connectivity index (χ0v) is 20.1. The van der Waals surface area contributed by atoms with Crippen molar-refractivity contribution in [3.63, 3.8) is 0 Å². The summed E-state index contributed by atoms with van der Waals surface area (Å²) in [6.07, 6.45) is 0. The molecule has 0 unspecified atom stereocenters. The first-order valence-corrected chi connectivity index (χ1v) is 13.2. The Morgan fingerprint density at radius 1 is 1.03 bits per heavy atom. The predicted octanol–water partition coefficient (Wildman–Crippen LogP) is 4.03. The molecule has 0 aliphatic carbocycles. The summed E-state index contributed by atoms with van der Waals surface area (Å²) in [6.45, 7) is 4.72. The highest BCUT2D eigenvalue weighted by Gasteiger charge is 2.32. The number of hydrogen-bond acceptors (Lipinski definition) is 7. The van der Waals surface area contributed by atoms with Gasteiger partial charge in [0.05, 0.1) is 15.9 Å². The van der Waals surface area contributed by atoms with Crippen molar-refractivity contribution in [1.82, 2.24) is 9.62 Å². The minimum atomic E-state index is -3.88. The summed E-state index contributed by atoms with van der Waals surface area (Å²) < 4.78 is 42.1. The zero-order chi connectivity index (χ0) is 24.3. The fourth-order valence-electron chi connectivity index (χ4n) is 4.24. The molecule has 2 heterocycles. The first kappa shape index (κ1) is 24.3. The molecule has 1 fully saturated rings. The number of hydrogen-bond donors (Lipinski definition) is 1. The van der Waals surface area contributed by atoms with Crippen LogP contribution >= 0.6 is 11.3 Å². The van der Waals surface area contributed by atoms with E-state index in [1.54, 1.807) is 23.5 Å². The fourth-order valence-corrected chi connectivity index (χ4v) is 6.45. The Balaban J connectivity index is 1.49. The summed E-state index contributed by atoms with van der Waals surface area (Å²) in [5, 5.41) is 12.8. The molecule has 11 heteroatoms. The number of rotatable bonds is 8. The lowest BCUT2D eigenvalue weighted by atomic mass is 10.1. The van der Waals surface area contributed by atoms with E-state index < -0.39 is 21.0 Å². The Bertz CT molecular complexity index is 1210. The Morgan fingerprint density at radius 3 is 2.24 bits per heavy atom. The minimum Gasteiger partial charge on any atom is -0.369 e. The monoisotopic (exact) mass is 504 g/mol. The maximum absolute atomic E-state index is 13.3. The molecule has 1 aliphatic heterocycles. The van der Waals surface area contributed by atoms with Gasteiger partial charge >= 0.3 is 0 Å². The number of anilines is 1. The van der Waals surface area contributed by atoms with Crippen LogP contribution < -0.4 is 9.62 Å². The third kappa shape index (κ3) is 5.44. The third-order valence-electron chi connectivity index (χ3n) is 5.91. The number of thiophene rings is 1. The molecule has 1 N–H and O–H groups in total. The van der Waals surface area contributed by atoms with Crippen LogP contribution in [0.25, 0.3) is 0 Å². The van der Waals surface area contributed by atoms with Crippen LogP contribution in [0.3, 0.4) is 0 Å². The summed E-state index contributed by atoms with van der Waals surface area (Å²) in [7, 11) is -3.88. The van der Waals surface area contributed by atoms with Crippen LogP contribution in [-0.4, -0.2) is 50.5 Å². The average Bonchev–Trinajstić information content (AvgIpc) is 3.34. The van der Waals surface area contributed by atoms with E-state index in [0.717, 1.165) is 23.7 Å². The van der Waals surface area contributed by atoms with Crippen molar-refractivity contribution in [2.75, 3.05) is 31.1 Å². The molecular weight excluding hydrogens is 479 g/mol. The molecule has 3 aromatic rings. The lowest BCUT2D eigenvalue weighted by Crippen LogP contribution is -2.52. The SMILES string of the molecule is C[C@@H](NS(=O)(=O)c1ccc([N+](=O)[O-])cc1)[C@@H](c1cccs1)N1CCN(c2ccc(F)cc2)CC1. The van der Waals surface area contributed by atoms with Gasteiger partial charge in [-0.1, -0.05) is 6.07 Å². The largest absolute Gasteiger partial charge is 0.369 e. The molecule has 1 aromatic heterocycles. The standard InChI is InChI=1S/C23H25FN4O4S2/c1-17(25-34(31,32)21-10-8-20(9-11-21)28(29)30)23(22-3-2-16-33-22)27-14-12-26(13-15-27)19-6-4-18(24)5-7-19/h2-11,16-17,23,25H,12-15H2,1H3/t17-,23+/m1/s1. The number of sulfonamides is 1. The van der Waals surface area contributed by atoms with Crippen LogP contribution in [0.15, 0.2) is 70.9 Å². The number of piperazine rings is 1. The highest BCUT2D eigenvalue weighted by Crippen LogP contribution is 2.31. The number of nitro benzene ring substituents is 1. The van der Waals surface area contributed by atoms with Crippen molar-refractivity contribution in [3.05, 3.63) is 86.9 Å². The van der Waals surface area contributed by atoms with Crippen molar-refractivity contribution in [1.29, 1.82) is 0 Å². The highest BCUT2D eigenvalue weighted by atomic mass is 32.2. The summed E-state index contributed by atoms with van der Waals surface area (Å²) >= 11 is 1.57. The summed E-state index contributed by atoms with van der Waals surface area (Å²) in [5.74, 6) is -0.269. The van der Waals surface area contributed by atoms with E-state index >= 15 is 0 Å². The number of nitrogens with zero attached hydrogens (tertiary/aromatic N) is 3. The van der Waals surface area contributed by atoms with Crippen molar-refractivity contribution >= 4 is 32.7 Å². The van der Waals surface area contributed by atoms with Crippen molar-refractivity contribution in [3.8, 4) is 0 Å². The van der Waals surface area contributed by atoms with E-state index in [0.29, 0.717) is 13.1 Å². The molecule has 1 saturated heterocycles. The zero-order valence-electron chi connectivity index (χ0n) is 18.5. The molecule has 2 aromatic carbocycles. The molecule has 2 atom stereocenters. The topological polar surface area (TPSA) is 95.8 Å².